The van der Waals surface area contributed by atoms with Crippen molar-refractivity contribution in [2.45, 2.75) is 25.9 Å². The number of unbranched alkanes of at least 4 members (excludes halogenated alkanes) is 1. The smallest absolute Gasteiger partial charge is 0.151 e. The second-order valence-corrected chi connectivity index (χ2v) is 3.61. The average Bonchev–Trinajstić information content (AvgIpc) is 2.58. The van der Waals surface area contributed by atoms with Crippen LogP contribution in [0.3, 0.4) is 0 Å². The van der Waals surface area contributed by atoms with Gasteiger partial charge in [-0.3, -0.25) is 9.80 Å². The molecule has 1 unspecified atom stereocenters. The highest BCUT2D eigenvalue weighted by molar-refractivity contribution is 5.57. The van der Waals surface area contributed by atoms with Crippen molar-refractivity contribution in [3.8, 4) is 12.3 Å². The van der Waals surface area contributed by atoms with Crippen molar-refractivity contribution in [1.82, 2.24) is 9.80 Å². The van der Waals surface area contributed by atoms with Gasteiger partial charge in [-0.1, -0.05) is 19.3 Å². The molecule has 1 atom stereocenters. The fraction of sp³-hybridized carbons (Fsp3) is 0.727. The molecule has 0 spiro atoms. The first-order chi connectivity index (χ1) is 6.83. The molecule has 78 valence electrons. The predicted molar refractivity (Wildman–Crippen MR) is 56.7 cm³/mol. The lowest BCUT2D eigenvalue weighted by atomic mass is 10.3. The van der Waals surface area contributed by atoms with E-state index in [1.54, 1.807) is 0 Å². The van der Waals surface area contributed by atoms with Gasteiger partial charge in [-0.2, -0.15) is 0 Å². The summed E-state index contributed by atoms with van der Waals surface area (Å²) in [5.74, 6) is 2.59. The molecule has 1 saturated heterocycles. The van der Waals surface area contributed by atoms with Crippen LogP contribution in [-0.2, 0) is 4.79 Å². The van der Waals surface area contributed by atoms with Gasteiger partial charge in [0.15, 0.2) is 6.29 Å². The third kappa shape index (κ3) is 2.57. The van der Waals surface area contributed by atoms with Gasteiger partial charge in [0.1, 0.15) is 6.17 Å². The van der Waals surface area contributed by atoms with Gasteiger partial charge in [0.25, 0.3) is 0 Å². The third-order valence-electron chi connectivity index (χ3n) is 2.64. The first-order valence-electron chi connectivity index (χ1n) is 5.20. The minimum atomic E-state index is -0.0856. The van der Waals surface area contributed by atoms with E-state index in [0.717, 1.165) is 38.8 Å². The van der Waals surface area contributed by atoms with Gasteiger partial charge in [-0.05, 0) is 6.42 Å². The Morgan fingerprint density at radius 2 is 2.21 bits per heavy atom. The first kappa shape index (κ1) is 11.2. The van der Waals surface area contributed by atoms with E-state index in [9.17, 15) is 4.79 Å². The standard InChI is InChI=1S/C11H18N2O/c1-3-5-7-13-9-8-12(6-4-2)11(13)10-14/h2,10-11H,3,5-9H2,1H3. The van der Waals surface area contributed by atoms with Gasteiger partial charge < -0.3 is 4.79 Å². The lowest BCUT2D eigenvalue weighted by Crippen LogP contribution is -2.40. The van der Waals surface area contributed by atoms with Crippen LogP contribution in [0.15, 0.2) is 0 Å². The topological polar surface area (TPSA) is 23.6 Å². The molecule has 0 aromatic heterocycles. The summed E-state index contributed by atoms with van der Waals surface area (Å²) in [6.45, 7) is 5.61. The van der Waals surface area contributed by atoms with E-state index in [4.69, 9.17) is 6.42 Å². The number of carbonyl (C=O) groups excluding carboxylic acids is 1. The second kappa shape index (κ2) is 5.79. The third-order valence-corrected chi connectivity index (χ3v) is 2.64. The molecule has 3 heteroatoms. The Hall–Kier alpha value is -0.850. The fourth-order valence-corrected chi connectivity index (χ4v) is 1.82. The fourth-order valence-electron chi connectivity index (χ4n) is 1.82. The monoisotopic (exact) mass is 194 g/mol. The molecule has 1 fully saturated rings. The number of rotatable bonds is 5. The summed E-state index contributed by atoms with van der Waals surface area (Å²) in [6, 6.07) is 0. The molecule has 0 bridgehead atoms. The summed E-state index contributed by atoms with van der Waals surface area (Å²) >= 11 is 0. The van der Waals surface area contributed by atoms with Gasteiger partial charge in [0.05, 0.1) is 6.54 Å². The van der Waals surface area contributed by atoms with Crippen molar-refractivity contribution in [3.63, 3.8) is 0 Å². The largest absolute Gasteiger partial charge is 0.300 e. The molecule has 0 saturated carbocycles. The highest BCUT2D eigenvalue weighted by Crippen LogP contribution is 2.12. The van der Waals surface area contributed by atoms with E-state index in [1.165, 1.54) is 0 Å². The van der Waals surface area contributed by atoms with Crippen molar-refractivity contribution in [2.75, 3.05) is 26.2 Å². The predicted octanol–water partition coefficient (Wildman–Crippen LogP) is 0.562. The molecule has 1 aliphatic rings. The van der Waals surface area contributed by atoms with Crippen molar-refractivity contribution >= 4 is 6.29 Å². The molecule has 0 N–H and O–H groups in total. The van der Waals surface area contributed by atoms with Crippen LogP contribution >= 0.6 is 0 Å². The molecule has 1 rings (SSSR count). The van der Waals surface area contributed by atoms with E-state index < -0.39 is 0 Å². The molecule has 0 amide bonds. The van der Waals surface area contributed by atoms with Gasteiger partial charge in [-0.25, -0.2) is 0 Å². The van der Waals surface area contributed by atoms with Crippen LogP contribution in [0.25, 0.3) is 0 Å². The zero-order chi connectivity index (χ0) is 10.4. The second-order valence-electron chi connectivity index (χ2n) is 3.61. The van der Waals surface area contributed by atoms with Crippen molar-refractivity contribution in [2.24, 2.45) is 0 Å². The van der Waals surface area contributed by atoms with Gasteiger partial charge in [0, 0.05) is 19.6 Å². The average molecular weight is 194 g/mol. The van der Waals surface area contributed by atoms with Gasteiger partial charge in [0.2, 0.25) is 0 Å². The molecular formula is C11H18N2O. The molecule has 0 aromatic carbocycles. The Bertz CT molecular complexity index is 222. The van der Waals surface area contributed by atoms with E-state index >= 15 is 0 Å². The molecule has 0 aromatic rings. The lowest BCUT2D eigenvalue weighted by molar-refractivity contribution is -0.115. The number of nitrogens with zero attached hydrogens (tertiary/aromatic N) is 2. The van der Waals surface area contributed by atoms with Crippen LogP contribution in [0.1, 0.15) is 19.8 Å². The zero-order valence-corrected chi connectivity index (χ0v) is 8.78. The zero-order valence-electron chi connectivity index (χ0n) is 8.78. The summed E-state index contributed by atoms with van der Waals surface area (Å²) in [5, 5.41) is 0. The maximum Gasteiger partial charge on any atom is 0.151 e. The van der Waals surface area contributed by atoms with E-state index in [2.05, 4.69) is 17.7 Å². The number of terminal acetylenes is 1. The van der Waals surface area contributed by atoms with Crippen LogP contribution in [-0.4, -0.2) is 48.4 Å². The van der Waals surface area contributed by atoms with Crippen LogP contribution in [0, 0.1) is 12.3 Å². The quantitative estimate of drug-likeness (QED) is 0.472. The van der Waals surface area contributed by atoms with Crippen LogP contribution in [0.4, 0.5) is 0 Å². The van der Waals surface area contributed by atoms with E-state index in [-0.39, 0.29) is 6.17 Å². The van der Waals surface area contributed by atoms with E-state index in [0.29, 0.717) is 6.54 Å². The van der Waals surface area contributed by atoms with Crippen LogP contribution < -0.4 is 0 Å². The maximum atomic E-state index is 10.9. The number of carbonyl (C=O) groups is 1. The summed E-state index contributed by atoms with van der Waals surface area (Å²) < 4.78 is 0. The highest BCUT2D eigenvalue weighted by Gasteiger charge is 2.29. The maximum absolute atomic E-state index is 10.9. The van der Waals surface area contributed by atoms with Crippen molar-refractivity contribution < 1.29 is 4.79 Å². The number of aldehydes is 1. The Balaban J connectivity index is 2.46. The molecular weight excluding hydrogens is 176 g/mol. The molecule has 0 radical (unpaired) electrons. The normalized spacial score (nSPS) is 23.6. The SMILES string of the molecule is C#CCN1CCN(CCCC)C1C=O. The Labute approximate surface area is 86.1 Å². The minimum Gasteiger partial charge on any atom is -0.300 e. The Kier molecular flexibility index (Phi) is 4.64. The van der Waals surface area contributed by atoms with Gasteiger partial charge >= 0.3 is 0 Å². The number of hydrogen-bond donors (Lipinski definition) is 0. The Morgan fingerprint density at radius 1 is 1.50 bits per heavy atom. The summed E-state index contributed by atoms with van der Waals surface area (Å²) in [5.41, 5.74) is 0. The summed E-state index contributed by atoms with van der Waals surface area (Å²) in [7, 11) is 0. The lowest BCUT2D eigenvalue weighted by Gasteiger charge is -2.23. The molecule has 1 heterocycles. The van der Waals surface area contributed by atoms with Crippen LogP contribution in [0.2, 0.25) is 0 Å². The Morgan fingerprint density at radius 3 is 2.79 bits per heavy atom. The first-order valence-corrected chi connectivity index (χ1v) is 5.20. The summed E-state index contributed by atoms with van der Waals surface area (Å²) in [6.07, 6.45) is 8.47. The van der Waals surface area contributed by atoms with Gasteiger partial charge in [-0.15, -0.1) is 6.42 Å². The minimum absolute atomic E-state index is 0.0856. The molecule has 3 nitrogen and oxygen atoms in total. The van der Waals surface area contributed by atoms with Crippen molar-refractivity contribution in [1.29, 1.82) is 0 Å². The van der Waals surface area contributed by atoms with E-state index in [1.807, 2.05) is 4.90 Å². The van der Waals surface area contributed by atoms with Crippen LogP contribution in [0.5, 0.6) is 0 Å². The number of hydrogen-bond acceptors (Lipinski definition) is 3. The molecule has 14 heavy (non-hydrogen) atoms. The van der Waals surface area contributed by atoms with Crippen molar-refractivity contribution in [3.05, 3.63) is 0 Å². The summed E-state index contributed by atoms with van der Waals surface area (Å²) in [4.78, 5) is 15.2. The molecule has 0 aliphatic carbocycles. The molecule has 1 aliphatic heterocycles. The highest BCUT2D eigenvalue weighted by atomic mass is 16.1.